The highest BCUT2D eigenvalue weighted by Crippen LogP contribution is 2.21. The number of imidazole rings is 2. The molecule has 1 N–H and O–H groups in total. The van der Waals surface area contributed by atoms with Gasteiger partial charge in [0, 0.05) is 37.2 Å². The monoisotopic (exact) mass is 399 g/mol. The van der Waals surface area contributed by atoms with Crippen LogP contribution < -0.4 is 11.2 Å². The highest BCUT2D eigenvalue weighted by Gasteiger charge is 2.22. The average Bonchev–Trinajstić information content (AvgIpc) is 3.20. The van der Waals surface area contributed by atoms with Gasteiger partial charge in [-0.25, -0.2) is 9.18 Å². The zero-order valence-corrected chi connectivity index (χ0v) is 16.5. The summed E-state index contributed by atoms with van der Waals surface area (Å²) in [5, 5.41) is 9.19. The largest absolute Gasteiger partial charge is 0.396 e. The highest BCUT2D eigenvalue weighted by atomic mass is 19.1. The molecule has 0 bridgehead atoms. The molecule has 4 aromatic rings. The molecule has 3 aromatic heterocycles. The number of nitrogens with zero attached hydrogens (tertiary/aromatic N) is 5. The van der Waals surface area contributed by atoms with Gasteiger partial charge in [0.2, 0.25) is 5.78 Å². The quantitative estimate of drug-likeness (QED) is 0.549. The van der Waals surface area contributed by atoms with Gasteiger partial charge in [-0.2, -0.15) is 4.98 Å². The number of aryl methyl sites for hydroxylation is 3. The van der Waals surface area contributed by atoms with Crippen molar-refractivity contribution in [2.45, 2.75) is 33.4 Å². The van der Waals surface area contributed by atoms with Crippen LogP contribution in [-0.2, 0) is 20.1 Å². The molecule has 0 amide bonds. The number of fused-ring (bicyclic) bond motifs is 3. The van der Waals surface area contributed by atoms with Crippen molar-refractivity contribution in [2.75, 3.05) is 6.61 Å². The average molecular weight is 399 g/mol. The second-order valence-electron chi connectivity index (χ2n) is 7.14. The Bertz CT molecular complexity index is 1360. The van der Waals surface area contributed by atoms with Crippen molar-refractivity contribution < 1.29 is 9.50 Å². The first-order valence-electron chi connectivity index (χ1n) is 9.38. The van der Waals surface area contributed by atoms with Gasteiger partial charge >= 0.3 is 5.69 Å². The maximum atomic E-state index is 14.1. The Morgan fingerprint density at radius 1 is 1.10 bits per heavy atom. The standard InChI is InChI=1S/C20H22FN5O3/c1-12-13(2)26-16-17(22-19(26)24(12)9-6-10-27)23(3)20(29)25(18(16)28)11-14-7-4-5-8-15(14)21/h4-5,7-8,27H,6,9-11H2,1-3H3. The van der Waals surface area contributed by atoms with Crippen LogP contribution in [-0.4, -0.2) is 34.8 Å². The number of hydrogen-bond donors (Lipinski definition) is 1. The van der Waals surface area contributed by atoms with Crippen LogP contribution in [0.2, 0.25) is 0 Å². The summed E-state index contributed by atoms with van der Waals surface area (Å²) in [6.45, 7) is 4.22. The van der Waals surface area contributed by atoms with Crippen molar-refractivity contribution in [1.29, 1.82) is 0 Å². The lowest BCUT2D eigenvalue weighted by atomic mass is 10.2. The molecule has 3 heterocycles. The molecule has 0 unspecified atom stereocenters. The van der Waals surface area contributed by atoms with Crippen molar-refractivity contribution in [3.05, 3.63) is 67.9 Å². The van der Waals surface area contributed by atoms with Crippen molar-refractivity contribution in [3.63, 3.8) is 0 Å². The molecule has 0 fully saturated rings. The number of halogens is 1. The summed E-state index contributed by atoms with van der Waals surface area (Å²) in [4.78, 5) is 30.7. The third-order valence-electron chi connectivity index (χ3n) is 5.46. The first-order valence-corrected chi connectivity index (χ1v) is 9.38. The zero-order chi connectivity index (χ0) is 20.9. The van der Waals surface area contributed by atoms with E-state index in [1.54, 1.807) is 29.6 Å². The third-order valence-corrected chi connectivity index (χ3v) is 5.46. The fourth-order valence-corrected chi connectivity index (χ4v) is 3.75. The molecule has 1 aromatic carbocycles. The maximum absolute atomic E-state index is 14.1. The Hall–Kier alpha value is -3.20. The van der Waals surface area contributed by atoms with E-state index in [2.05, 4.69) is 4.98 Å². The molecular weight excluding hydrogens is 377 g/mol. The fourth-order valence-electron chi connectivity index (χ4n) is 3.75. The van der Waals surface area contributed by atoms with Crippen molar-refractivity contribution in [1.82, 2.24) is 23.1 Å². The molecule has 0 radical (unpaired) electrons. The van der Waals surface area contributed by atoms with Crippen LogP contribution >= 0.6 is 0 Å². The van der Waals surface area contributed by atoms with E-state index in [0.29, 0.717) is 18.7 Å². The van der Waals surface area contributed by atoms with Gasteiger partial charge in [0.15, 0.2) is 11.2 Å². The van der Waals surface area contributed by atoms with Crippen LogP contribution in [0.5, 0.6) is 0 Å². The fraction of sp³-hybridized carbons (Fsp3) is 0.350. The van der Waals surface area contributed by atoms with Crippen LogP contribution in [0.1, 0.15) is 23.4 Å². The van der Waals surface area contributed by atoms with Crippen LogP contribution in [0.4, 0.5) is 4.39 Å². The van der Waals surface area contributed by atoms with Crippen LogP contribution in [0.25, 0.3) is 16.9 Å². The zero-order valence-electron chi connectivity index (χ0n) is 16.5. The topological polar surface area (TPSA) is 86.5 Å². The number of hydrogen-bond acceptors (Lipinski definition) is 4. The molecule has 0 aliphatic heterocycles. The maximum Gasteiger partial charge on any atom is 0.332 e. The van der Waals surface area contributed by atoms with E-state index >= 15 is 0 Å². The highest BCUT2D eigenvalue weighted by molar-refractivity contribution is 5.76. The van der Waals surface area contributed by atoms with E-state index in [-0.39, 0.29) is 29.9 Å². The third kappa shape index (κ3) is 2.80. The molecule has 152 valence electrons. The minimum Gasteiger partial charge on any atom is -0.396 e. The molecule has 0 spiro atoms. The SMILES string of the molecule is Cc1c(C)n2c3c(=O)n(Cc4ccccc4F)c(=O)n(C)c3nc2n1CCCO. The van der Waals surface area contributed by atoms with Crippen LogP contribution in [0.3, 0.4) is 0 Å². The van der Waals surface area contributed by atoms with Gasteiger partial charge in [-0.3, -0.25) is 18.3 Å². The lowest BCUT2D eigenvalue weighted by molar-refractivity contribution is 0.280. The van der Waals surface area contributed by atoms with Crippen LogP contribution in [0.15, 0.2) is 33.9 Å². The van der Waals surface area contributed by atoms with Crippen molar-refractivity contribution in [2.24, 2.45) is 7.05 Å². The summed E-state index contributed by atoms with van der Waals surface area (Å²) >= 11 is 0. The normalized spacial score (nSPS) is 11.8. The predicted octanol–water partition coefficient (Wildman–Crippen LogP) is 1.34. The number of aromatic nitrogens is 5. The van der Waals surface area contributed by atoms with Gasteiger partial charge in [-0.15, -0.1) is 0 Å². The van der Waals surface area contributed by atoms with E-state index in [4.69, 9.17) is 0 Å². The van der Waals surface area contributed by atoms with E-state index in [0.717, 1.165) is 16.0 Å². The van der Waals surface area contributed by atoms with Crippen molar-refractivity contribution >= 4 is 16.9 Å². The molecule has 0 aliphatic rings. The number of benzene rings is 1. The Kier molecular flexibility index (Phi) is 4.62. The summed E-state index contributed by atoms with van der Waals surface area (Å²) in [6, 6.07) is 6.08. The van der Waals surface area contributed by atoms with Gasteiger partial charge < -0.3 is 9.67 Å². The number of aliphatic hydroxyl groups is 1. The van der Waals surface area contributed by atoms with E-state index < -0.39 is 17.1 Å². The Morgan fingerprint density at radius 3 is 2.52 bits per heavy atom. The lowest BCUT2D eigenvalue weighted by Crippen LogP contribution is -2.39. The van der Waals surface area contributed by atoms with E-state index in [1.165, 1.54) is 10.6 Å². The second-order valence-corrected chi connectivity index (χ2v) is 7.14. The van der Waals surface area contributed by atoms with E-state index in [1.807, 2.05) is 18.4 Å². The summed E-state index contributed by atoms with van der Waals surface area (Å²) in [5.41, 5.74) is 1.51. The van der Waals surface area contributed by atoms with Gasteiger partial charge in [0.05, 0.1) is 6.54 Å². The molecule has 4 rings (SSSR count). The van der Waals surface area contributed by atoms with Gasteiger partial charge in [0.1, 0.15) is 5.82 Å². The first-order chi connectivity index (χ1) is 13.9. The number of aliphatic hydroxyl groups excluding tert-OH is 1. The minimum absolute atomic E-state index is 0.0387. The molecule has 0 atom stereocenters. The summed E-state index contributed by atoms with van der Waals surface area (Å²) in [5.74, 6) is 0.0707. The van der Waals surface area contributed by atoms with Gasteiger partial charge in [-0.05, 0) is 26.3 Å². The Morgan fingerprint density at radius 2 is 1.83 bits per heavy atom. The minimum atomic E-state index is -0.553. The summed E-state index contributed by atoms with van der Waals surface area (Å²) in [7, 11) is 1.55. The smallest absolute Gasteiger partial charge is 0.332 e. The second kappa shape index (κ2) is 7.00. The van der Waals surface area contributed by atoms with Gasteiger partial charge in [0.25, 0.3) is 5.56 Å². The predicted molar refractivity (Wildman–Crippen MR) is 107 cm³/mol. The van der Waals surface area contributed by atoms with E-state index in [9.17, 15) is 19.1 Å². The Balaban J connectivity index is 2.03. The molecule has 9 heteroatoms. The summed E-state index contributed by atoms with van der Waals surface area (Å²) < 4.78 is 20.1. The molecular formula is C20H22FN5O3. The van der Waals surface area contributed by atoms with Crippen LogP contribution in [0, 0.1) is 19.7 Å². The first kappa shape index (κ1) is 19.1. The molecule has 0 aliphatic carbocycles. The Labute approximate surface area is 165 Å². The number of rotatable bonds is 5. The molecule has 8 nitrogen and oxygen atoms in total. The lowest BCUT2D eigenvalue weighted by Gasteiger charge is -2.09. The molecule has 0 saturated heterocycles. The molecule has 29 heavy (non-hydrogen) atoms. The van der Waals surface area contributed by atoms with Gasteiger partial charge in [-0.1, -0.05) is 18.2 Å². The summed E-state index contributed by atoms with van der Waals surface area (Å²) in [6.07, 6.45) is 0.546. The van der Waals surface area contributed by atoms with Crippen molar-refractivity contribution in [3.8, 4) is 0 Å². The molecule has 0 saturated carbocycles.